The van der Waals surface area contributed by atoms with Crippen LogP contribution in [0.5, 0.6) is 5.75 Å². The number of nitrogens with one attached hydrogen (secondary N) is 1. The quantitative estimate of drug-likeness (QED) is 0.560. The minimum Gasteiger partial charge on any atom is -0.497 e. The minimum absolute atomic E-state index is 0.257. The fourth-order valence-electron chi connectivity index (χ4n) is 4.50. The van der Waals surface area contributed by atoms with E-state index in [0.717, 1.165) is 67.5 Å². The first-order chi connectivity index (χ1) is 16.1. The molecule has 0 aliphatic carbocycles. The summed E-state index contributed by atoms with van der Waals surface area (Å²) >= 11 is 0. The van der Waals surface area contributed by atoms with Crippen molar-refractivity contribution in [1.82, 2.24) is 10.2 Å². The van der Waals surface area contributed by atoms with Crippen molar-refractivity contribution in [2.45, 2.75) is 51.2 Å². The van der Waals surface area contributed by atoms with Gasteiger partial charge in [0.15, 0.2) is 0 Å². The Hall–Kier alpha value is -2.48. The second-order valence-corrected chi connectivity index (χ2v) is 9.13. The number of methoxy groups -OCH3 is 1. The van der Waals surface area contributed by atoms with E-state index in [4.69, 9.17) is 12.6 Å². The van der Waals surface area contributed by atoms with Gasteiger partial charge in [-0.2, -0.15) is 13.2 Å². The average Bonchev–Trinajstić information content (AvgIpc) is 2.82. The van der Waals surface area contributed by atoms with Crippen LogP contribution in [0.25, 0.3) is 0 Å². The fourth-order valence-corrected chi connectivity index (χ4v) is 4.50. The molecule has 1 atom stereocenters. The third-order valence-electron chi connectivity index (χ3n) is 6.62. The van der Waals surface area contributed by atoms with Crippen molar-refractivity contribution in [3.05, 3.63) is 59.2 Å². The normalized spacial score (nSPS) is 16.3. The largest absolute Gasteiger partial charge is 0.497 e. The molecular formula is C26H32BF3N2O2. The van der Waals surface area contributed by atoms with Crippen LogP contribution in [0.3, 0.4) is 0 Å². The second-order valence-electron chi connectivity index (χ2n) is 9.13. The molecule has 1 aliphatic rings. The summed E-state index contributed by atoms with van der Waals surface area (Å²) in [6.45, 7) is 2.93. The number of piperidine rings is 1. The number of alkyl halides is 3. The van der Waals surface area contributed by atoms with Gasteiger partial charge in [0.25, 0.3) is 5.91 Å². The van der Waals surface area contributed by atoms with Crippen LogP contribution in [0.1, 0.15) is 47.7 Å². The molecule has 0 saturated carbocycles. The zero-order chi connectivity index (χ0) is 24.7. The lowest BCUT2D eigenvalue weighted by Gasteiger charge is -2.36. The van der Waals surface area contributed by atoms with Crippen LogP contribution in [-0.4, -0.2) is 57.6 Å². The molecule has 1 fully saturated rings. The first kappa shape index (κ1) is 26.1. The maximum atomic E-state index is 12.3. The first-order valence-electron chi connectivity index (χ1n) is 11.7. The molecule has 3 rings (SSSR count). The predicted molar refractivity (Wildman–Crippen MR) is 129 cm³/mol. The molecule has 8 heteroatoms. The topological polar surface area (TPSA) is 41.6 Å². The number of hydrogen-bond donors (Lipinski definition) is 1. The highest BCUT2D eigenvalue weighted by Crippen LogP contribution is 2.25. The lowest BCUT2D eigenvalue weighted by Crippen LogP contribution is -2.40. The van der Waals surface area contributed by atoms with E-state index >= 15 is 0 Å². The molecule has 0 spiro atoms. The fraction of sp³-hybridized carbons (Fsp3) is 0.500. The highest BCUT2D eigenvalue weighted by molar-refractivity contribution is 6.33. The maximum Gasteiger partial charge on any atom is 0.405 e. The number of likely N-dealkylation sites (tertiary alicyclic amines) is 1. The molecule has 4 nitrogen and oxygen atoms in total. The Balaban J connectivity index is 1.46. The summed E-state index contributed by atoms with van der Waals surface area (Å²) in [4.78, 5) is 14.5. The van der Waals surface area contributed by atoms with E-state index in [-0.39, 0.29) is 5.56 Å². The monoisotopic (exact) mass is 472 g/mol. The Bertz CT molecular complexity index is 959. The Kier molecular flexibility index (Phi) is 9.06. The van der Waals surface area contributed by atoms with Crippen molar-refractivity contribution >= 4 is 19.2 Å². The lowest BCUT2D eigenvalue weighted by atomic mass is 9.82. The van der Waals surface area contributed by atoms with Crippen molar-refractivity contribution in [2.75, 3.05) is 26.7 Å². The summed E-state index contributed by atoms with van der Waals surface area (Å²) in [6, 6.07) is 13.1. The van der Waals surface area contributed by atoms with Crippen molar-refractivity contribution in [3.8, 4) is 5.75 Å². The van der Waals surface area contributed by atoms with Crippen molar-refractivity contribution in [2.24, 2.45) is 5.92 Å². The van der Waals surface area contributed by atoms with Gasteiger partial charge in [0, 0.05) is 11.6 Å². The molecule has 1 aliphatic heterocycles. The van der Waals surface area contributed by atoms with Gasteiger partial charge in [0.05, 0.1) is 7.11 Å². The third-order valence-corrected chi connectivity index (χ3v) is 6.62. The molecule has 0 bridgehead atoms. The van der Waals surface area contributed by atoms with Crippen LogP contribution in [0.2, 0.25) is 0 Å². The summed E-state index contributed by atoms with van der Waals surface area (Å²) < 4.78 is 42.4. The molecule has 0 aromatic heterocycles. The molecule has 1 unspecified atom stereocenters. The van der Waals surface area contributed by atoms with E-state index in [1.54, 1.807) is 25.3 Å². The molecule has 1 heterocycles. The van der Waals surface area contributed by atoms with Crippen LogP contribution in [-0.2, 0) is 12.8 Å². The zero-order valence-corrected chi connectivity index (χ0v) is 19.8. The zero-order valence-electron chi connectivity index (χ0n) is 19.8. The number of aryl methyl sites for hydroxylation is 1. The van der Waals surface area contributed by atoms with E-state index in [9.17, 15) is 18.0 Å². The molecule has 2 aromatic rings. The number of halogens is 3. The molecule has 2 radical (unpaired) electrons. The van der Waals surface area contributed by atoms with Crippen molar-refractivity contribution < 1.29 is 22.7 Å². The highest BCUT2D eigenvalue weighted by atomic mass is 19.4. The number of carbonyl (C=O) groups is 1. The minimum atomic E-state index is -4.42. The molecule has 182 valence electrons. The van der Waals surface area contributed by atoms with E-state index in [0.29, 0.717) is 12.0 Å². The smallest absolute Gasteiger partial charge is 0.405 e. The standard InChI is InChI=1S/C26H32BF3N2O2/c1-18(6-7-19-4-3-5-21(14-19)25(33)31-17-26(28,29)30)32-12-10-20(11-13-32)15-22-16-23(34-2)8-9-24(22)27/h3-5,8-9,14,16,18,20H,6-7,10-13,15,17H2,1-2H3,(H,31,33). The van der Waals surface area contributed by atoms with Gasteiger partial charge in [0.1, 0.15) is 20.1 Å². The summed E-state index contributed by atoms with van der Waals surface area (Å²) in [5.41, 5.74) is 3.16. The number of hydrogen-bond acceptors (Lipinski definition) is 3. The van der Waals surface area contributed by atoms with Gasteiger partial charge in [-0.1, -0.05) is 29.2 Å². The van der Waals surface area contributed by atoms with Crippen LogP contribution in [0, 0.1) is 5.92 Å². The number of nitrogens with zero attached hydrogens (tertiary/aromatic N) is 1. The van der Waals surface area contributed by atoms with Crippen molar-refractivity contribution in [1.29, 1.82) is 0 Å². The Morgan fingerprint density at radius 2 is 1.94 bits per heavy atom. The summed E-state index contributed by atoms with van der Waals surface area (Å²) in [5.74, 6) is 0.716. The van der Waals surface area contributed by atoms with Gasteiger partial charge in [0.2, 0.25) is 0 Å². The first-order valence-corrected chi connectivity index (χ1v) is 11.7. The molecule has 34 heavy (non-hydrogen) atoms. The summed E-state index contributed by atoms with van der Waals surface area (Å²) in [6.07, 6.45) is 0.430. The average molecular weight is 472 g/mol. The molecule has 1 saturated heterocycles. The lowest BCUT2D eigenvalue weighted by molar-refractivity contribution is -0.123. The molecule has 1 N–H and O–H groups in total. The van der Waals surface area contributed by atoms with Gasteiger partial charge in [-0.25, -0.2) is 0 Å². The van der Waals surface area contributed by atoms with Crippen LogP contribution in [0.15, 0.2) is 42.5 Å². The van der Waals surface area contributed by atoms with Gasteiger partial charge < -0.3 is 15.0 Å². The number of ether oxygens (including phenoxy) is 1. The van der Waals surface area contributed by atoms with Crippen LogP contribution >= 0.6 is 0 Å². The Morgan fingerprint density at radius 1 is 1.21 bits per heavy atom. The van der Waals surface area contributed by atoms with Gasteiger partial charge in [-0.3, -0.25) is 4.79 Å². The summed E-state index contributed by atoms with van der Waals surface area (Å²) in [7, 11) is 7.82. The van der Waals surface area contributed by atoms with E-state index < -0.39 is 18.6 Å². The van der Waals surface area contributed by atoms with Gasteiger partial charge >= 0.3 is 6.18 Å². The third kappa shape index (κ3) is 7.79. The molecule has 2 aromatic carbocycles. The van der Waals surface area contributed by atoms with E-state index in [2.05, 4.69) is 11.8 Å². The van der Waals surface area contributed by atoms with Crippen LogP contribution in [0.4, 0.5) is 13.2 Å². The number of carbonyl (C=O) groups excluding carboxylic acids is 1. The van der Waals surface area contributed by atoms with Gasteiger partial charge in [-0.05, 0) is 87.9 Å². The molecule has 1 amide bonds. The second kappa shape index (κ2) is 11.8. The number of benzene rings is 2. The SMILES string of the molecule is [B]c1ccc(OC)cc1CC1CCN(C(C)CCc2cccc(C(=O)NCC(F)(F)F)c2)CC1. The van der Waals surface area contributed by atoms with E-state index in [1.165, 1.54) is 0 Å². The summed E-state index contributed by atoms with van der Waals surface area (Å²) in [5, 5.41) is 1.93. The van der Waals surface area contributed by atoms with Crippen molar-refractivity contribution in [3.63, 3.8) is 0 Å². The van der Waals surface area contributed by atoms with Gasteiger partial charge in [-0.15, -0.1) is 0 Å². The number of rotatable bonds is 9. The number of amides is 1. The molecular weight excluding hydrogens is 440 g/mol. The maximum absolute atomic E-state index is 12.3. The highest BCUT2D eigenvalue weighted by Gasteiger charge is 2.28. The Labute approximate surface area is 201 Å². The van der Waals surface area contributed by atoms with E-state index in [1.807, 2.05) is 29.6 Å². The van der Waals surface area contributed by atoms with Crippen LogP contribution < -0.4 is 15.5 Å². The predicted octanol–water partition coefficient (Wildman–Crippen LogP) is 4.06. The Morgan fingerprint density at radius 3 is 2.62 bits per heavy atom.